The highest BCUT2D eigenvalue weighted by molar-refractivity contribution is 5.79. The van der Waals surface area contributed by atoms with Gasteiger partial charge in [-0.1, -0.05) is 33.1 Å². The van der Waals surface area contributed by atoms with Crippen molar-refractivity contribution in [3.8, 4) is 0 Å². The van der Waals surface area contributed by atoms with Crippen LogP contribution >= 0.6 is 0 Å². The van der Waals surface area contributed by atoms with Gasteiger partial charge >= 0.3 is 0 Å². The Morgan fingerprint density at radius 2 is 1.89 bits per heavy atom. The van der Waals surface area contributed by atoms with Gasteiger partial charge in [0.2, 0.25) is 5.91 Å². The van der Waals surface area contributed by atoms with E-state index in [2.05, 4.69) is 18.7 Å². The third-order valence-electron chi connectivity index (χ3n) is 4.87. The highest BCUT2D eigenvalue weighted by atomic mass is 16.2. The van der Waals surface area contributed by atoms with Crippen LogP contribution in [0.15, 0.2) is 0 Å². The minimum atomic E-state index is 0.0955. The van der Waals surface area contributed by atoms with Gasteiger partial charge in [0.25, 0.3) is 0 Å². The average molecular weight is 252 g/mol. The molecule has 2 aliphatic rings. The molecule has 1 heterocycles. The second kappa shape index (κ2) is 6.05. The van der Waals surface area contributed by atoms with Gasteiger partial charge in [-0.15, -0.1) is 0 Å². The first-order valence-corrected chi connectivity index (χ1v) is 7.64. The summed E-state index contributed by atoms with van der Waals surface area (Å²) in [5, 5.41) is 0. The van der Waals surface area contributed by atoms with Gasteiger partial charge in [-0.3, -0.25) is 4.79 Å². The molecule has 0 bridgehead atoms. The quantitative estimate of drug-likeness (QED) is 0.767. The fourth-order valence-electron chi connectivity index (χ4n) is 3.41. The molecule has 2 N–H and O–H groups in total. The molecule has 2 rings (SSSR count). The van der Waals surface area contributed by atoms with Crippen molar-refractivity contribution in [3.63, 3.8) is 0 Å². The zero-order valence-corrected chi connectivity index (χ0v) is 11.9. The summed E-state index contributed by atoms with van der Waals surface area (Å²) in [5.74, 6) is 1.81. The van der Waals surface area contributed by atoms with Crippen LogP contribution in [0.2, 0.25) is 0 Å². The number of nitrogens with two attached hydrogens (primary N) is 1. The lowest BCUT2D eigenvalue weighted by molar-refractivity contribution is -0.135. The Balaban J connectivity index is 1.94. The van der Waals surface area contributed by atoms with Crippen LogP contribution in [0.4, 0.5) is 0 Å². The Labute approximate surface area is 111 Å². The molecule has 0 aromatic carbocycles. The van der Waals surface area contributed by atoms with Crippen molar-refractivity contribution in [2.24, 2.45) is 23.5 Å². The normalized spacial score (nSPS) is 33.8. The third kappa shape index (κ3) is 3.05. The summed E-state index contributed by atoms with van der Waals surface area (Å²) in [6.07, 6.45) is 6.81. The molecule has 0 aromatic heterocycles. The van der Waals surface area contributed by atoms with E-state index in [1.165, 1.54) is 25.7 Å². The van der Waals surface area contributed by atoms with Gasteiger partial charge in [0.1, 0.15) is 0 Å². The van der Waals surface area contributed by atoms with Gasteiger partial charge in [0.05, 0.1) is 5.92 Å². The first-order valence-electron chi connectivity index (χ1n) is 7.64. The largest absolute Gasteiger partial charge is 0.342 e. The molecule has 0 aromatic rings. The molecular weight excluding hydrogens is 224 g/mol. The van der Waals surface area contributed by atoms with Crippen LogP contribution in [0.5, 0.6) is 0 Å². The Bertz CT molecular complexity index is 290. The summed E-state index contributed by atoms with van der Waals surface area (Å²) < 4.78 is 0. The second-order valence-electron chi connectivity index (χ2n) is 6.49. The van der Waals surface area contributed by atoms with Gasteiger partial charge in [0, 0.05) is 19.1 Å². The molecule has 1 amide bonds. The van der Waals surface area contributed by atoms with Crippen molar-refractivity contribution >= 4 is 5.91 Å². The maximum absolute atomic E-state index is 12.6. The molecule has 1 aliphatic heterocycles. The molecule has 3 nitrogen and oxygen atoms in total. The molecule has 104 valence electrons. The van der Waals surface area contributed by atoms with Gasteiger partial charge < -0.3 is 10.6 Å². The summed E-state index contributed by atoms with van der Waals surface area (Å²) in [6, 6.07) is 0.0955. The summed E-state index contributed by atoms with van der Waals surface area (Å²) in [6.45, 7) is 6.43. The van der Waals surface area contributed by atoms with Crippen molar-refractivity contribution in [1.82, 2.24) is 4.90 Å². The summed E-state index contributed by atoms with van der Waals surface area (Å²) >= 11 is 0. The van der Waals surface area contributed by atoms with Crippen molar-refractivity contribution in [2.45, 2.75) is 58.4 Å². The maximum atomic E-state index is 12.6. The minimum absolute atomic E-state index is 0.0955. The number of carbonyl (C=O) groups excluding carboxylic acids is 1. The molecule has 0 radical (unpaired) electrons. The smallest absolute Gasteiger partial charge is 0.227 e. The van der Waals surface area contributed by atoms with Crippen molar-refractivity contribution in [1.29, 1.82) is 0 Å². The summed E-state index contributed by atoms with van der Waals surface area (Å²) in [5.41, 5.74) is 6.19. The SMILES string of the molecule is CC(C)C1CCN(C(=O)C2CCCCCC2N)C1. The zero-order chi connectivity index (χ0) is 13.1. The predicted octanol–water partition coefficient (Wildman–Crippen LogP) is 2.40. The third-order valence-corrected chi connectivity index (χ3v) is 4.87. The number of amides is 1. The molecule has 1 saturated heterocycles. The molecule has 3 heteroatoms. The Morgan fingerprint density at radius 1 is 1.17 bits per heavy atom. The fraction of sp³-hybridized carbons (Fsp3) is 0.933. The van der Waals surface area contributed by atoms with E-state index in [1.807, 2.05) is 0 Å². The van der Waals surface area contributed by atoms with Gasteiger partial charge in [-0.05, 0) is 31.1 Å². The number of nitrogens with zero attached hydrogens (tertiary/aromatic N) is 1. The van der Waals surface area contributed by atoms with Crippen LogP contribution in [-0.4, -0.2) is 29.9 Å². The van der Waals surface area contributed by atoms with Gasteiger partial charge in [-0.2, -0.15) is 0 Å². The van der Waals surface area contributed by atoms with Crippen molar-refractivity contribution < 1.29 is 4.79 Å². The topological polar surface area (TPSA) is 46.3 Å². The molecule has 2 fully saturated rings. The lowest BCUT2D eigenvalue weighted by atomic mass is 9.93. The number of rotatable bonds is 2. The van der Waals surface area contributed by atoms with E-state index in [9.17, 15) is 4.79 Å². The van der Waals surface area contributed by atoms with Crippen LogP contribution in [0.1, 0.15) is 52.4 Å². The number of hydrogen-bond donors (Lipinski definition) is 1. The predicted molar refractivity (Wildman–Crippen MR) is 74.1 cm³/mol. The van der Waals surface area contributed by atoms with Gasteiger partial charge in [-0.25, -0.2) is 0 Å². The molecule has 1 aliphatic carbocycles. The van der Waals surface area contributed by atoms with Crippen LogP contribution in [-0.2, 0) is 4.79 Å². The van der Waals surface area contributed by atoms with E-state index in [0.717, 1.165) is 25.9 Å². The monoisotopic (exact) mass is 252 g/mol. The van der Waals surface area contributed by atoms with E-state index < -0.39 is 0 Å². The lowest BCUT2D eigenvalue weighted by Crippen LogP contribution is -2.43. The molecule has 3 unspecified atom stereocenters. The maximum Gasteiger partial charge on any atom is 0.227 e. The molecular formula is C15H28N2O. The molecule has 1 saturated carbocycles. The molecule has 3 atom stereocenters. The van der Waals surface area contributed by atoms with E-state index in [4.69, 9.17) is 5.73 Å². The van der Waals surface area contributed by atoms with Crippen LogP contribution in [0.3, 0.4) is 0 Å². The Kier molecular flexibility index (Phi) is 4.66. The highest BCUT2D eigenvalue weighted by Crippen LogP contribution is 2.29. The number of likely N-dealkylation sites (tertiary alicyclic amines) is 1. The Morgan fingerprint density at radius 3 is 2.56 bits per heavy atom. The first-order chi connectivity index (χ1) is 8.59. The zero-order valence-electron chi connectivity index (χ0n) is 11.9. The highest BCUT2D eigenvalue weighted by Gasteiger charge is 2.34. The standard InChI is InChI=1S/C15H28N2O/c1-11(2)12-8-9-17(10-12)15(18)13-6-4-3-5-7-14(13)16/h11-14H,3-10,16H2,1-2H3. The van der Waals surface area contributed by atoms with Gasteiger partial charge in [0.15, 0.2) is 0 Å². The van der Waals surface area contributed by atoms with Crippen molar-refractivity contribution in [2.75, 3.05) is 13.1 Å². The van der Waals surface area contributed by atoms with Crippen LogP contribution < -0.4 is 5.73 Å². The number of carbonyl (C=O) groups is 1. The van der Waals surface area contributed by atoms with E-state index >= 15 is 0 Å². The minimum Gasteiger partial charge on any atom is -0.342 e. The molecule has 18 heavy (non-hydrogen) atoms. The second-order valence-corrected chi connectivity index (χ2v) is 6.49. The lowest BCUT2D eigenvalue weighted by Gasteiger charge is -2.26. The van der Waals surface area contributed by atoms with Crippen LogP contribution in [0.25, 0.3) is 0 Å². The number of hydrogen-bond acceptors (Lipinski definition) is 2. The summed E-state index contributed by atoms with van der Waals surface area (Å²) in [4.78, 5) is 14.7. The van der Waals surface area contributed by atoms with E-state index in [0.29, 0.717) is 17.7 Å². The average Bonchev–Trinajstić information content (AvgIpc) is 2.73. The van der Waals surface area contributed by atoms with Crippen molar-refractivity contribution in [3.05, 3.63) is 0 Å². The Hall–Kier alpha value is -0.570. The van der Waals surface area contributed by atoms with E-state index in [-0.39, 0.29) is 12.0 Å². The molecule has 0 spiro atoms. The van der Waals surface area contributed by atoms with Crippen LogP contribution in [0, 0.1) is 17.8 Å². The summed E-state index contributed by atoms with van der Waals surface area (Å²) in [7, 11) is 0. The van der Waals surface area contributed by atoms with E-state index in [1.54, 1.807) is 0 Å². The first kappa shape index (κ1) is 13.9. The fourth-order valence-corrected chi connectivity index (χ4v) is 3.41.